The van der Waals surface area contributed by atoms with Crippen LogP contribution in [0.15, 0.2) is 11.6 Å². The van der Waals surface area contributed by atoms with Gasteiger partial charge in [-0.25, -0.2) is 0 Å². The predicted octanol–water partition coefficient (Wildman–Crippen LogP) is 5.85. The highest BCUT2D eigenvalue weighted by atomic mass is 19.4. The van der Waals surface area contributed by atoms with Crippen LogP contribution in [0.2, 0.25) is 0 Å². The van der Waals surface area contributed by atoms with E-state index in [4.69, 9.17) is 4.74 Å². The van der Waals surface area contributed by atoms with Crippen molar-refractivity contribution in [2.24, 2.45) is 34.5 Å². The Bertz CT molecular complexity index is 758. The highest BCUT2D eigenvalue weighted by Crippen LogP contribution is 2.67. The maximum atomic E-state index is 12.6. The Morgan fingerprint density at radius 1 is 1.16 bits per heavy atom. The summed E-state index contributed by atoms with van der Waals surface area (Å²) >= 11 is 0. The van der Waals surface area contributed by atoms with Gasteiger partial charge in [0.05, 0.1) is 11.7 Å². The molecule has 31 heavy (non-hydrogen) atoms. The topological polar surface area (TPSA) is 46.5 Å². The predicted molar refractivity (Wildman–Crippen MR) is 112 cm³/mol. The van der Waals surface area contributed by atoms with Crippen molar-refractivity contribution in [1.29, 1.82) is 0 Å². The molecule has 0 heterocycles. The van der Waals surface area contributed by atoms with E-state index >= 15 is 0 Å². The first kappa shape index (κ1) is 23.3. The normalized spacial score (nSPS) is 45.9. The zero-order valence-corrected chi connectivity index (χ0v) is 19.2. The van der Waals surface area contributed by atoms with Crippen molar-refractivity contribution in [3.8, 4) is 0 Å². The minimum absolute atomic E-state index is 0.0454. The summed E-state index contributed by atoms with van der Waals surface area (Å²) in [6.45, 7) is 7.62. The number of fused-ring (bicyclic) bond motifs is 5. The van der Waals surface area contributed by atoms with Gasteiger partial charge in [0.25, 0.3) is 5.78 Å². The number of carbonyl (C=O) groups is 1. The molecule has 0 aromatic carbocycles. The van der Waals surface area contributed by atoms with Crippen molar-refractivity contribution in [3.05, 3.63) is 11.6 Å². The molecule has 0 saturated heterocycles. The standard InChI is InChI=1S/C25H37F3O3/c1-15(31-14-21(29)25(26,27)28)18-7-8-19-17-6-5-16-13-22(2,30)11-12-23(16,3)20(17)9-10-24(18,19)4/h5,15,17-20,30H,6-14H2,1-4H3/t15-,17?,18+,19?,20?,22-,23-,24+/m0/s1. The summed E-state index contributed by atoms with van der Waals surface area (Å²) in [4.78, 5) is 11.3. The van der Waals surface area contributed by atoms with Crippen LogP contribution in [-0.2, 0) is 9.53 Å². The Morgan fingerprint density at radius 2 is 1.87 bits per heavy atom. The van der Waals surface area contributed by atoms with E-state index in [2.05, 4.69) is 19.9 Å². The summed E-state index contributed by atoms with van der Waals surface area (Å²) in [5, 5.41) is 10.6. The number of hydrogen-bond donors (Lipinski definition) is 1. The van der Waals surface area contributed by atoms with Crippen LogP contribution < -0.4 is 0 Å². The van der Waals surface area contributed by atoms with Gasteiger partial charge >= 0.3 is 6.18 Å². The second-order valence-corrected chi connectivity index (χ2v) is 11.6. The molecule has 6 heteroatoms. The molecule has 176 valence electrons. The number of carbonyl (C=O) groups excluding carboxylic acids is 1. The SMILES string of the molecule is C[C@H](OCC(=O)C(F)(F)F)[C@H]1CCC2C3CC=C4C[C@@](C)(O)CC[C@]4(C)C3CC[C@@]21C. The van der Waals surface area contributed by atoms with E-state index in [1.54, 1.807) is 0 Å². The van der Waals surface area contributed by atoms with Gasteiger partial charge in [-0.2, -0.15) is 13.2 Å². The number of alkyl halides is 3. The van der Waals surface area contributed by atoms with Gasteiger partial charge in [0.15, 0.2) is 0 Å². The molecule has 4 rings (SSSR count). The van der Waals surface area contributed by atoms with Crippen LogP contribution in [0.4, 0.5) is 13.2 Å². The number of hydrogen-bond acceptors (Lipinski definition) is 3. The van der Waals surface area contributed by atoms with E-state index in [9.17, 15) is 23.1 Å². The number of ketones is 1. The second-order valence-electron chi connectivity index (χ2n) is 11.6. The molecular weight excluding hydrogens is 405 g/mol. The first-order valence-corrected chi connectivity index (χ1v) is 11.9. The van der Waals surface area contributed by atoms with Crippen LogP contribution in [0.1, 0.15) is 79.1 Å². The third kappa shape index (κ3) is 3.90. The van der Waals surface area contributed by atoms with Gasteiger partial charge in [-0.05, 0) is 99.7 Å². The third-order valence-corrected chi connectivity index (χ3v) is 9.81. The van der Waals surface area contributed by atoms with Crippen LogP contribution in [-0.4, -0.2) is 35.4 Å². The van der Waals surface area contributed by atoms with E-state index in [1.807, 2.05) is 13.8 Å². The zero-order valence-electron chi connectivity index (χ0n) is 19.2. The summed E-state index contributed by atoms with van der Waals surface area (Å²) in [7, 11) is 0. The molecule has 0 aromatic heterocycles. The summed E-state index contributed by atoms with van der Waals surface area (Å²) < 4.78 is 43.2. The van der Waals surface area contributed by atoms with E-state index in [1.165, 1.54) is 5.57 Å². The number of allylic oxidation sites excluding steroid dienone is 1. The Hall–Kier alpha value is -0.880. The average molecular weight is 443 g/mol. The zero-order chi connectivity index (χ0) is 22.8. The van der Waals surface area contributed by atoms with Crippen molar-refractivity contribution in [1.82, 2.24) is 0 Å². The summed E-state index contributed by atoms with van der Waals surface area (Å²) in [5.74, 6) is 0.129. The van der Waals surface area contributed by atoms with Gasteiger partial charge in [-0.1, -0.05) is 25.5 Å². The lowest BCUT2D eigenvalue weighted by Gasteiger charge is -2.59. The largest absolute Gasteiger partial charge is 0.452 e. The molecule has 0 aromatic rings. The van der Waals surface area contributed by atoms with Gasteiger partial charge in [-0.3, -0.25) is 4.79 Å². The summed E-state index contributed by atoms with van der Waals surface area (Å²) in [6, 6.07) is 0. The maximum Gasteiger partial charge on any atom is 0.452 e. The Morgan fingerprint density at radius 3 is 2.55 bits per heavy atom. The van der Waals surface area contributed by atoms with Crippen LogP contribution in [0, 0.1) is 34.5 Å². The number of halogens is 3. The molecule has 3 saturated carbocycles. The molecule has 1 N–H and O–H groups in total. The molecule has 0 amide bonds. The fourth-order valence-corrected chi connectivity index (χ4v) is 8.02. The van der Waals surface area contributed by atoms with E-state index in [0.717, 1.165) is 51.4 Å². The van der Waals surface area contributed by atoms with Crippen LogP contribution in [0.3, 0.4) is 0 Å². The molecule has 3 nitrogen and oxygen atoms in total. The van der Waals surface area contributed by atoms with Gasteiger partial charge in [-0.15, -0.1) is 0 Å². The first-order chi connectivity index (χ1) is 14.3. The molecule has 0 bridgehead atoms. The van der Waals surface area contributed by atoms with Gasteiger partial charge in [0.2, 0.25) is 0 Å². The van der Waals surface area contributed by atoms with Gasteiger partial charge in [0, 0.05) is 0 Å². The lowest BCUT2D eigenvalue weighted by atomic mass is 9.46. The lowest BCUT2D eigenvalue weighted by Crippen LogP contribution is -2.52. The minimum Gasteiger partial charge on any atom is -0.390 e. The fraction of sp³-hybridized carbons (Fsp3) is 0.880. The number of Topliss-reactive ketones (excluding diaryl/α,β-unsaturated/α-hetero) is 1. The molecule has 4 aliphatic carbocycles. The second kappa shape index (κ2) is 7.58. The molecule has 8 atom stereocenters. The Balaban J connectivity index is 1.49. The van der Waals surface area contributed by atoms with Gasteiger partial charge in [0.1, 0.15) is 6.61 Å². The minimum atomic E-state index is -4.83. The highest BCUT2D eigenvalue weighted by molar-refractivity contribution is 5.85. The average Bonchev–Trinajstić information content (AvgIpc) is 3.02. The Labute approximate surface area is 183 Å². The molecule has 0 spiro atoms. The van der Waals surface area contributed by atoms with Crippen LogP contribution in [0.5, 0.6) is 0 Å². The first-order valence-electron chi connectivity index (χ1n) is 11.9. The maximum absolute atomic E-state index is 12.6. The van der Waals surface area contributed by atoms with Crippen molar-refractivity contribution < 1.29 is 27.8 Å². The van der Waals surface area contributed by atoms with Crippen LogP contribution >= 0.6 is 0 Å². The fourth-order valence-electron chi connectivity index (χ4n) is 8.02. The summed E-state index contributed by atoms with van der Waals surface area (Å²) in [6.07, 6.45) is 5.12. The van der Waals surface area contributed by atoms with Crippen molar-refractivity contribution in [2.45, 2.75) is 96.9 Å². The number of rotatable bonds is 4. The monoisotopic (exact) mass is 442 g/mol. The highest BCUT2D eigenvalue weighted by Gasteiger charge is 2.60. The van der Waals surface area contributed by atoms with Crippen LogP contribution in [0.25, 0.3) is 0 Å². The van der Waals surface area contributed by atoms with E-state index < -0.39 is 24.2 Å². The quantitative estimate of drug-likeness (QED) is 0.555. The molecule has 0 radical (unpaired) electrons. The molecule has 0 aliphatic heterocycles. The van der Waals surface area contributed by atoms with Crippen molar-refractivity contribution in [2.75, 3.05) is 6.61 Å². The molecule has 3 fully saturated rings. The van der Waals surface area contributed by atoms with Gasteiger partial charge < -0.3 is 9.84 Å². The van der Waals surface area contributed by atoms with Crippen molar-refractivity contribution in [3.63, 3.8) is 0 Å². The lowest BCUT2D eigenvalue weighted by molar-refractivity contribution is -0.178. The van der Waals surface area contributed by atoms with E-state index in [-0.39, 0.29) is 22.9 Å². The molecule has 4 aliphatic rings. The van der Waals surface area contributed by atoms with Crippen molar-refractivity contribution >= 4 is 5.78 Å². The summed E-state index contributed by atoms with van der Waals surface area (Å²) in [5.41, 5.74) is 1.04. The third-order valence-electron chi connectivity index (χ3n) is 9.81. The Kier molecular flexibility index (Phi) is 5.69. The molecular formula is C25H37F3O3. The smallest absolute Gasteiger partial charge is 0.390 e. The molecule has 3 unspecified atom stereocenters. The number of ether oxygens (including phenoxy) is 1. The van der Waals surface area contributed by atoms with E-state index in [0.29, 0.717) is 17.8 Å². The number of aliphatic hydroxyl groups is 1.